The quantitative estimate of drug-likeness (QED) is 0.770. The molecule has 2 fully saturated rings. The Bertz CT molecular complexity index is 285. The molecule has 2 aliphatic rings. The SMILES string of the molecule is CC(O)CC1CCCN1C(=O)C1(C)CCCN1. The largest absolute Gasteiger partial charge is 0.393 e. The van der Waals surface area contributed by atoms with Crippen molar-refractivity contribution in [2.75, 3.05) is 13.1 Å². The molecule has 2 N–H and O–H groups in total. The lowest BCUT2D eigenvalue weighted by atomic mass is 9.97. The lowest BCUT2D eigenvalue weighted by Gasteiger charge is -2.33. The minimum atomic E-state index is -0.360. The molecular weight excluding hydrogens is 216 g/mol. The minimum absolute atomic E-state index is 0.234. The highest BCUT2D eigenvalue weighted by Gasteiger charge is 2.42. The van der Waals surface area contributed by atoms with E-state index in [1.54, 1.807) is 6.92 Å². The number of nitrogens with one attached hydrogen (secondary N) is 1. The van der Waals surface area contributed by atoms with Crippen LogP contribution in [0.25, 0.3) is 0 Å². The molecule has 0 aromatic rings. The lowest BCUT2D eigenvalue weighted by Crippen LogP contribution is -2.54. The third kappa shape index (κ3) is 2.63. The first-order chi connectivity index (χ1) is 8.03. The van der Waals surface area contributed by atoms with Gasteiger partial charge in [0.05, 0.1) is 11.6 Å². The molecule has 0 saturated carbocycles. The van der Waals surface area contributed by atoms with Crippen molar-refractivity contribution in [3.63, 3.8) is 0 Å². The number of carbonyl (C=O) groups is 1. The molecule has 0 aromatic heterocycles. The number of aliphatic hydroxyl groups excluding tert-OH is 1. The van der Waals surface area contributed by atoms with Gasteiger partial charge in [0.15, 0.2) is 0 Å². The predicted molar refractivity (Wildman–Crippen MR) is 66.7 cm³/mol. The zero-order chi connectivity index (χ0) is 12.5. The molecule has 0 bridgehead atoms. The Balaban J connectivity index is 2.02. The number of hydrogen-bond donors (Lipinski definition) is 2. The Morgan fingerprint density at radius 2 is 2.35 bits per heavy atom. The first-order valence-electron chi connectivity index (χ1n) is 6.77. The Morgan fingerprint density at radius 3 is 2.94 bits per heavy atom. The van der Waals surface area contributed by atoms with Gasteiger partial charge in [-0.1, -0.05) is 0 Å². The Labute approximate surface area is 103 Å². The number of nitrogens with zero attached hydrogens (tertiary/aromatic N) is 1. The van der Waals surface area contributed by atoms with Gasteiger partial charge in [0, 0.05) is 12.6 Å². The highest BCUT2D eigenvalue weighted by Crippen LogP contribution is 2.28. The number of likely N-dealkylation sites (tertiary alicyclic amines) is 1. The van der Waals surface area contributed by atoms with Gasteiger partial charge < -0.3 is 15.3 Å². The number of carbonyl (C=O) groups excluding carboxylic acids is 1. The molecule has 3 unspecified atom stereocenters. The third-order valence-electron chi connectivity index (χ3n) is 4.09. The van der Waals surface area contributed by atoms with E-state index in [1.165, 1.54) is 0 Å². The van der Waals surface area contributed by atoms with Crippen molar-refractivity contribution in [3.8, 4) is 0 Å². The van der Waals surface area contributed by atoms with E-state index in [1.807, 2.05) is 11.8 Å². The third-order valence-corrected chi connectivity index (χ3v) is 4.09. The minimum Gasteiger partial charge on any atom is -0.393 e. The average Bonchev–Trinajstić information content (AvgIpc) is 2.86. The average molecular weight is 240 g/mol. The van der Waals surface area contributed by atoms with Gasteiger partial charge in [0.2, 0.25) is 5.91 Å². The summed E-state index contributed by atoms with van der Waals surface area (Å²) in [5, 5.41) is 12.8. The number of hydrogen-bond acceptors (Lipinski definition) is 3. The van der Waals surface area contributed by atoms with Crippen LogP contribution in [-0.2, 0) is 4.79 Å². The zero-order valence-corrected chi connectivity index (χ0v) is 10.9. The Kier molecular flexibility index (Phi) is 3.73. The zero-order valence-electron chi connectivity index (χ0n) is 10.9. The topological polar surface area (TPSA) is 52.6 Å². The maximum atomic E-state index is 12.5. The normalized spacial score (nSPS) is 35.2. The molecule has 3 atom stereocenters. The van der Waals surface area contributed by atoms with E-state index in [0.717, 1.165) is 38.8 Å². The molecular formula is C13H24N2O2. The molecule has 98 valence electrons. The second kappa shape index (κ2) is 4.94. The van der Waals surface area contributed by atoms with Gasteiger partial charge >= 0.3 is 0 Å². The van der Waals surface area contributed by atoms with E-state index in [9.17, 15) is 9.90 Å². The van der Waals surface area contributed by atoms with Gasteiger partial charge in [0.1, 0.15) is 0 Å². The van der Waals surface area contributed by atoms with Crippen molar-refractivity contribution in [1.29, 1.82) is 0 Å². The first kappa shape index (κ1) is 12.8. The van der Waals surface area contributed by atoms with Crippen molar-refractivity contribution < 1.29 is 9.90 Å². The fourth-order valence-corrected chi connectivity index (χ4v) is 3.14. The van der Waals surface area contributed by atoms with Crippen molar-refractivity contribution in [3.05, 3.63) is 0 Å². The van der Waals surface area contributed by atoms with Crippen LogP contribution in [0.5, 0.6) is 0 Å². The monoisotopic (exact) mass is 240 g/mol. The van der Waals surface area contributed by atoms with E-state index >= 15 is 0 Å². The number of aliphatic hydroxyl groups is 1. The summed E-state index contributed by atoms with van der Waals surface area (Å²) >= 11 is 0. The summed E-state index contributed by atoms with van der Waals surface area (Å²) in [6, 6.07) is 0.238. The van der Waals surface area contributed by atoms with Crippen LogP contribution in [0.2, 0.25) is 0 Å². The molecule has 2 aliphatic heterocycles. The second-order valence-electron chi connectivity index (χ2n) is 5.74. The van der Waals surface area contributed by atoms with Gasteiger partial charge in [0.25, 0.3) is 0 Å². The fourth-order valence-electron chi connectivity index (χ4n) is 3.14. The van der Waals surface area contributed by atoms with E-state index in [2.05, 4.69) is 5.32 Å². The molecule has 4 nitrogen and oxygen atoms in total. The maximum absolute atomic E-state index is 12.5. The summed E-state index contributed by atoms with van der Waals surface area (Å²) in [4.78, 5) is 14.5. The van der Waals surface area contributed by atoms with Crippen LogP contribution in [0, 0.1) is 0 Å². The van der Waals surface area contributed by atoms with E-state index in [4.69, 9.17) is 0 Å². The second-order valence-corrected chi connectivity index (χ2v) is 5.74. The van der Waals surface area contributed by atoms with Gasteiger partial charge in [-0.25, -0.2) is 0 Å². The maximum Gasteiger partial charge on any atom is 0.242 e. The summed E-state index contributed by atoms with van der Waals surface area (Å²) in [5.74, 6) is 0.234. The van der Waals surface area contributed by atoms with Crippen LogP contribution in [0.3, 0.4) is 0 Å². The van der Waals surface area contributed by atoms with Gasteiger partial charge in [-0.3, -0.25) is 4.79 Å². The van der Waals surface area contributed by atoms with Crippen LogP contribution in [0.15, 0.2) is 0 Å². The van der Waals surface area contributed by atoms with Crippen molar-refractivity contribution in [2.45, 2.75) is 63.6 Å². The Hall–Kier alpha value is -0.610. The lowest BCUT2D eigenvalue weighted by molar-refractivity contribution is -0.138. The summed E-state index contributed by atoms with van der Waals surface area (Å²) < 4.78 is 0. The first-order valence-corrected chi connectivity index (χ1v) is 6.77. The molecule has 2 heterocycles. The molecule has 0 aromatic carbocycles. The number of amides is 1. The van der Waals surface area contributed by atoms with Crippen molar-refractivity contribution in [1.82, 2.24) is 10.2 Å². The van der Waals surface area contributed by atoms with Crippen LogP contribution < -0.4 is 5.32 Å². The van der Waals surface area contributed by atoms with Crippen LogP contribution >= 0.6 is 0 Å². The van der Waals surface area contributed by atoms with Crippen molar-refractivity contribution >= 4 is 5.91 Å². The number of rotatable bonds is 3. The van der Waals surface area contributed by atoms with Crippen LogP contribution in [0.1, 0.15) is 46.0 Å². The van der Waals surface area contributed by atoms with E-state index < -0.39 is 0 Å². The molecule has 2 saturated heterocycles. The van der Waals surface area contributed by atoms with Gasteiger partial charge in [-0.15, -0.1) is 0 Å². The summed E-state index contributed by atoms with van der Waals surface area (Å²) in [5.41, 5.74) is -0.360. The smallest absolute Gasteiger partial charge is 0.242 e. The van der Waals surface area contributed by atoms with Gasteiger partial charge in [-0.2, -0.15) is 0 Å². The standard InChI is InChI=1S/C13H24N2O2/c1-10(16)9-11-5-3-8-15(11)12(17)13(2)6-4-7-14-13/h10-11,14,16H,3-9H2,1-2H3. The molecule has 17 heavy (non-hydrogen) atoms. The van der Waals surface area contributed by atoms with Crippen LogP contribution in [0.4, 0.5) is 0 Å². The van der Waals surface area contributed by atoms with Crippen molar-refractivity contribution in [2.24, 2.45) is 0 Å². The molecule has 4 heteroatoms. The molecule has 2 rings (SSSR count). The summed E-state index contributed by atoms with van der Waals surface area (Å²) in [6.07, 6.45) is 4.51. The van der Waals surface area contributed by atoms with Crippen LogP contribution in [-0.4, -0.2) is 46.7 Å². The highest BCUT2D eigenvalue weighted by atomic mass is 16.3. The van der Waals surface area contributed by atoms with Gasteiger partial charge in [-0.05, 0) is 52.5 Å². The fraction of sp³-hybridized carbons (Fsp3) is 0.923. The molecule has 1 amide bonds. The summed E-state index contributed by atoms with van der Waals surface area (Å²) in [7, 11) is 0. The Morgan fingerprint density at radius 1 is 1.59 bits per heavy atom. The van der Waals surface area contributed by atoms with E-state index in [-0.39, 0.29) is 23.6 Å². The summed E-state index contributed by atoms with van der Waals surface area (Å²) in [6.45, 7) is 5.61. The van der Waals surface area contributed by atoms with E-state index in [0.29, 0.717) is 6.42 Å². The highest BCUT2D eigenvalue weighted by molar-refractivity contribution is 5.86. The molecule has 0 radical (unpaired) electrons. The predicted octanol–water partition coefficient (Wildman–Crippen LogP) is 0.890. The molecule has 0 aliphatic carbocycles. The molecule has 0 spiro atoms.